The maximum Gasteiger partial charge on any atom is 0.282 e. The van der Waals surface area contributed by atoms with Gasteiger partial charge in [0.25, 0.3) is 8.05 Å². The van der Waals surface area contributed by atoms with Crippen LogP contribution in [-0.2, 0) is 14.2 Å². The first-order chi connectivity index (χ1) is 5.48. The molecule has 0 unspecified atom stereocenters. The van der Waals surface area contributed by atoms with E-state index in [1.807, 2.05) is 20.8 Å². The van der Waals surface area contributed by atoms with E-state index in [9.17, 15) is 4.79 Å². The minimum Gasteiger partial charge on any atom is -0.445 e. The molecule has 0 saturated carbocycles. The van der Waals surface area contributed by atoms with Crippen molar-refractivity contribution in [2.24, 2.45) is 5.41 Å². The lowest BCUT2D eigenvalue weighted by Crippen LogP contribution is -2.25. The first kappa shape index (κ1) is 11.7. The zero-order valence-electron chi connectivity index (χ0n) is 7.92. The molecule has 0 spiro atoms. The molecule has 0 aromatic heterocycles. The molecule has 68 valence electrons. The standard InChI is InChI=1S/C8H15BO3/c1-8(2,3)7(10)6-11-4-5-12-9/h4-6H2,1-3H3. The molecule has 0 aromatic carbocycles. The zero-order valence-corrected chi connectivity index (χ0v) is 7.92. The van der Waals surface area contributed by atoms with Crippen molar-refractivity contribution in [3.8, 4) is 0 Å². The Hall–Kier alpha value is -0.345. The Bertz CT molecular complexity index is 140. The van der Waals surface area contributed by atoms with Crippen LogP contribution in [0, 0.1) is 5.41 Å². The highest BCUT2D eigenvalue weighted by Crippen LogP contribution is 2.14. The van der Waals surface area contributed by atoms with E-state index in [0.29, 0.717) is 13.2 Å². The summed E-state index contributed by atoms with van der Waals surface area (Å²) in [6.45, 7) is 6.39. The molecule has 0 N–H and O–H groups in total. The topological polar surface area (TPSA) is 35.5 Å². The van der Waals surface area contributed by atoms with Gasteiger partial charge in [-0.15, -0.1) is 0 Å². The van der Waals surface area contributed by atoms with E-state index in [1.54, 1.807) is 0 Å². The van der Waals surface area contributed by atoms with Crippen LogP contribution in [0.4, 0.5) is 0 Å². The number of rotatable bonds is 5. The Labute approximate surface area is 74.9 Å². The molecular formula is C8H15BO3. The molecule has 0 atom stereocenters. The second kappa shape index (κ2) is 5.33. The second-order valence-electron chi connectivity index (χ2n) is 3.60. The van der Waals surface area contributed by atoms with Crippen molar-refractivity contribution in [1.82, 2.24) is 0 Å². The van der Waals surface area contributed by atoms with Crippen molar-refractivity contribution in [3.63, 3.8) is 0 Å². The third-order valence-corrected chi connectivity index (χ3v) is 1.42. The lowest BCUT2D eigenvalue weighted by atomic mass is 9.91. The highest BCUT2D eigenvalue weighted by atomic mass is 16.5. The number of carbonyl (C=O) groups excluding carboxylic acids is 1. The van der Waals surface area contributed by atoms with Crippen LogP contribution < -0.4 is 0 Å². The van der Waals surface area contributed by atoms with E-state index in [0.717, 1.165) is 0 Å². The molecule has 0 aliphatic rings. The number of hydrogen-bond donors (Lipinski definition) is 0. The summed E-state index contributed by atoms with van der Waals surface area (Å²) in [5, 5.41) is 0. The summed E-state index contributed by atoms with van der Waals surface area (Å²) < 4.78 is 9.28. The molecule has 2 radical (unpaired) electrons. The van der Waals surface area contributed by atoms with Crippen molar-refractivity contribution in [2.45, 2.75) is 20.8 Å². The maximum atomic E-state index is 11.2. The summed E-state index contributed by atoms with van der Waals surface area (Å²) in [7, 11) is 4.77. The normalized spacial score (nSPS) is 11.6. The summed E-state index contributed by atoms with van der Waals surface area (Å²) in [6, 6.07) is 0. The van der Waals surface area contributed by atoms with E-state index in [2.05, 4.69) is 4.65 Å². The summed E-state index contributed by atoms with van der Waals surface area (Å²) in [5.74, 6) is 0.0829. The average Bonchev–Trinajstić information content (AvgIpc) is 1.96. The number of hydrogen-bond acceptors (Lipinski definition) is 3. The molecule has 0 heterocycles. The Morgan fingerprint density at radius 2 is 1.92 bits per heavy atom. The van der Waals surface area contributed by atoms with Gasteiger partial charge in [-0.1, -0.05) is 20.8 Å². The van der Waals surface area contributed by atoms with E-state index < -0.39 is 0 Å². The molecule has 12 heavy (non-hydrogen) atoms. The van der Waals surface area contributed by atoms with Gasteiger partial charge in [-0.2, -0.15) is 0 Å². The summed E-state index contributed by atoms with van der Waals surface area (Å²) in [6.07, 6.45) is 0. The first-order valence-corrected chi connectivity index (χ1v) is 3.91. The predicted octanol–water partition coefficient (Wildman–Crippen LogP) is 0.718. The predicted molar refractivity (Wildman–Crippen MR) is 47.0 cm³/mol. The van der Waals surface area contributed by atoms with Crippen LogP contribution in [0.25, 0.3) is 0 Å². The third kappa shape index (κ3) is 5.32. The Morgan fingerprint density at radius 1 is 1.33 bits per heavy atom. The van der Waals surface area contributed by atoms with Gasteiger partial charge in [-0.05, 0) is 0 Å². The van der Waals surface area contributed by atoms with Crippen LogP contribution in [0.3, 0.4) is 0 Å². The van der Waals surface area contributed by atoms with Crippen molar-refractivity contribution in [3.05, 3.63) is 0 Å². The van der Waals surface area contributed by atoms with Crippen LogP contribution in [0.5, 0.6) is 0 Å². The maximum absolute atomic E-state index is 11.2. The van der Waals surface area contributed by atoms with Gasteiger partial charge in [0.15, 0.2) is 5.78 Å². The molecule has 3 nitrogen and oxygen atoms in total. The number of carbonyl (C=O) groups is 1. The van der Waals surface area contributed by atoms with Gasteiger partial charge >= 0.3 is 0 Å². The SMILES string of the molecule is [B]OCCOCC(=O)C(C)(C)C. The van der Waals surface area contributed by atoms with Crippen LogP contribution in [0.2, 0.25) is 0 Å². The zero-order chi connectivity index (χ0) is 9.61. The minimum atomic E-state index is -0.330. The summed E-state index contributed by atoms with van der Waals surface area (Å²) in [5.41, 5.74) is -0.330. The Morgan fingerprint density at radius 3 is 2.33 bits per heavy atom. The van der Waals surface area contributed by atoms with Gasteiger partial charge in [0.1, 0.15) is 6.61 Å². The van der Waals surface area contributed by atoms with Gasteiger partial charge in [-0.25, -0.2) is 0 Å². The van der Waals surface area contributed by atoms with Crippen molar-refractivity contribution < 1.29 is 14.2 Å². The molecule has 0 amide bonds. The van der Waals surface area contributed by atoms with E-state index in [-0.39, 0.29) is 17.8 Å². The van der Waals surface area contributed by atoms with Gasteiger partial charge in [0.2, 0.25) is 0 Å². The molecule has 4 heteroatoms. The number of ether oxygens (including phenoxy) is 1. The minimum absolute atomic E-state index is 0.0829. The first-order valence-electron chi connectivity index (χ1n) is 3.91. The molecule has 0 aliphatic carbocycles. The molecular weight excluding hydrogens is 155 g/mol. The van der Waals surface area contributed by atoms with Crippen LogP contribution in [0.1, 0.15) is 20.8 Å². The molecule has 0 aromatic rings. The molecule has 0 bridgehead atoms. The van der Waals surface area contributed by atoms with Gasteiger partial charge < -0.3 is 9.39 Å². The van der Waals surface area contributed by atoms with Crippen molar-refractivity contribution in [2.75, 3.05) is 19.8 Å². The monoisotopic (exact) mass is 170 g/mol. The lowest BCUT2D eigenvalue weighted by Gasteiger charge is -2.16. The lowest BCUT2D eigenvalue weighted by molar-refractivity contribution is -0.131. The van der Waals surface area contributed by atoms with Gasteiger partial charge in [0, 0.05) is 5.41 Å². The number of Topliss-reactive ketones (excluding diaryl/α,β-unsaturated/α-hetero) is 1. The van der Waals surface area contributed by atoms with Crippen LogP contribution in [-0.4, -0.2) is 33.7 Å². The highest BCUT2D eigenvalue weighted by Gasteiger charge is 2.20. The fraction of sp³-hybridized carbons (Fsp3) is 0.875. The van der Waals surface area contributed by atoms with Gasteiger partial charge in [-0.3, -0.25) is 4.79 Å². The largest absolute Gasteiger partial charge is 0.445 e. The quantitative estimate of drug-likeness (QED) is 0.450. The summed E-state index contributed by atoms with van der Waals surface area (Å²) >= 11 is 0. The van der Waals surface area contributed by atoms with Crippen LogP contribution >= 0.6 is 0 Å². The van der Waals surface area contributed by atoms with Crippen molar-refractivity contribution >= 4 is 13.8 Å². The fourth-order valence-electron chi connectivity index (χ4n) is 0.488. The molecule has 0 rings (SSSR count). The number of ketones is 1. The molecule has 0 saturated heterocycles. The summed E-state index contributed by atoms with van der Waals surface area (Å²) in [4.78, 5) is 11.2. The Kier molecular flexibility index (Phi) is 5.17. The van der Waals surface area contributed by atoms with E-state index in [1.165, 1.54) is 0 Å². The van der Waals surface area contributed by atoms with Gasteiger partial charge in [0.05, 0.1) is 13.2 Å². The van der Waals surface area contributed by atoms with Crippen LogP contribution in [0.15, 0.2) is 0 Å². The molecule has 0 aliphatic heterocycles. The van der Waals surface area contributed by atoms with E-state index >= 15 is 0 Å². The average molecular weight is 170 g/mol. The second-order valence-corrected chi connectivity index (χ2v) is 3.60. The fourth-order valence-corrected chi connectivity index (χ4v) is 0.488. The Balaban J connectivity index is 3.45. The van der Waals surface area contributed by atoms with Crippen molar-refractivity contribution in [1.29, 1.82) is 0 Å². The molecule has 0 fully saturated rings. The third-order valence-electron chi connectivity index (χ3n) is 1.42. The highest BCUT2D eigenvalue weighted by molar-refractivity contribution is 5.97. The smallest absolute Gasteiger partial charge is 0.282 e. The van der Waals surface area contributed by atoms with E-state index in [4.69, 9.17) is 12.8 Å².